The minimum Gasteiger partial charge on any atom is -0.494 e. The van der Waals surface area contributed by atoms with Gasteiger partial charge in [0, 0.05) is 5.02 Å². The number of rotatable bonds is 18. The van der Waals surface area contributed by atoms with Crippen molar-refractivity contribution in [1.82, 2.24) is 0 Å². The second kappa shape index (κ2) is 20.4. The molecule has 6 aromatic carbocycles. The van der Waals surface area contributed by atoms with Crippen LogP contribution in [0.1, 0.15) is 52.0 Å². The number of hydrogen-bond acceptors (Lipinski definition) is 6. The maximum absolute atomic E-state index is 7.17. The predicted octanol–water partition coefficient (Wildman–Crippen LogP) is 10.7. The van der Waals surface area contributed by atoms with E-state index in [1.807, 2.05) is 104 Å². The molecule has 0 aliphatic carbocycles. The average molecular weight is 769 g/mol. The van der Waals surface area contributed by atoms with Crippen LogP contribution in [0, 0.1) is 0 Å². The third-order valence-electron chi connectivity index (χ3n) is 9.91. The summed E-state index contributed by atoms with van der Waals surface area (Å²) in [7, 11) is 0. The zero-order chi connectivity index (χ0) is 38.4. The monoisotopic (exact) mass is 768 g/mol. The molecular formula is C49H49ClO6. The molecule has 0 amide bonds. The number of halogens is 1. The first-order valence-electron chi connectivity index (χ1n) is 19.4. The Bertz CT molecular complexity index is 2030. The lowest BCUT2D eigenvalue weighted by molar-refractivity contribution is -0.275. The van der Waals surface area contributed by atoms with E-state index in [4.69, 9.17) is 40.0 Å². The molecule has 1 aliphatic heterocycles. The van der Waals surface area contributed by atoms with Gasteiger partial charge in [-0.15, -0.1) is 0 Å². The Morgan fingerprint density at radius 3 is 1.55 bits per heavy atom. The van der Waals surface area contributed by atoms with Crippen LogP contribution >= 0.6 is 11.6 Å². The third kappa shape index (κ3) is 10.9. The fourth-order valence-electron chi connectivity index (χ4n) is 7.05. The summed E-state index contributed by atoms with van der Waals surface area (Å²) in [5, 5.41) is 0.684. The van der Waals surface area contributed by atoms with Crippen molar-refractivity contribution in [2.24, 2.45) is 0 Å². The van der Waals surface area contributed by atoms with Gasteiger partial charge in [0.05, 0.1) is 39.6 Å². The zero-order valence-electron chi connectivity index (χ0n) is 31.8. The smallest absolute Gasteiger partial charge is 0.119 e. The standard InChI is InChI=1S/C49H49ClO6/c1-2-52-43-26-23-36(24-27-43)29-42-30-41(25-28-44(42)50)46-48(54-33-39-19-11-5-12-20-39)49(55-34-40-21-13-6-14-22-40)47(53-32-38-17-9-4-10-18-38)45(56-46)35-51-31-37-15-7-3-8-16-37/h3-28,30,45-49H,2,29,31-35H2,1H3/t45?,46-,47+,48?,49?/m0/s1. The number of ether oxygens (including phenoxy) is 6. The molecule has 6 aromatic rings. The van der Waals surface area contributed by atoms with E-state index in [9.17, 15) is 0 Å². The van der Waals surface area contributed by atoms with Crippen LogP contribution in [0.2, 0.25) is 5.02 Å². The molecule has 0 N–H and O–H groups in total. The molecule has 1 aliphatic rings. The van der Waals surface area contributed by atoms with Gasteiger partial charge in [-0.3, -0.25) is 0 Å². The summed E-state index contributed by atoms with van der Waals surface area (Å²) in [6, 6.07) is 55.0. The summed E-state index contributed by atoms with van der Waals surface area (Å²) in [6.45, 7) is 4.44. The van der Waals surface area contributed by atoms with E-state index < -0.39 is 30.5 Å². The molecule has 0 radical (unpaired) electrons. The molecule has 0 spiro atoms. The molecule has 7 heteroatoms. The Morgan fingerprint density at radius 2 is 1.02 bits per heavy atom. The Morgan fingerprint density at radius 1 is 0.518 bits per heavy atom. The lowest BCUT2D eigenvalue weighted by Gasteiger charge is -2.46. The minimum absolute atomic E-state index is 0.286. The lowest BCUT2D eigenvalue weighted by atomic mass is 9.89. The molecule has 1 saturated heterocycles. The molecule has 1 fully saturated rings. The maximum atomic E-state index is 7.17. The van der Waals surface area contributed by atoms with Gasteiger partial charge in [0.2, 0.25) is 0 Å². The van der Waals surface area contributed by atoms with Crippen LogP contribution in [-0.4, -0.2) is 37.6 Å². The van der Waals surface area contributed by atoms with Gasteiger partial charge in [-0.2, -0.15) is 0 Å². The highest BCUT2D eigenvalue weighted by Gasteiger charge is 2.49. The Kier molecular flexibility index (Phi) is 14.4. The van der Waals surface area contributed by atoms with Crippen molar-refractivity contribution in [2.45, 2.75) is 70.3 Å². The SMILES string of the molecule is CCOc1ccc(Cc2cc([C@@H]3OC(COCc4ccccc4)[C@@H](OCc4ccccc4)C(OCc4ccccc4)C3OCc3ccccc3)ccc2Cl)cc1. The van der Waals surface area contributed by atoms with Crippen LogP contribution in [0.5, 0.6) is 5.75 Å². The Balaban J connectivity index is 1.25. The van der Waals surface area contributed by atoms with Crippen molar-refractivity contribution in [3.63, 3.8) is 0 Å². The predicted molar refractivity (Wildman–Crippen MR) is 221 cm³/mol. The van der Waals surface area contributed by atoms with Crippen molar-refractivity contribution in [1.29, 1.82) is 0 Å². The van der Waals surface area contributed by atoms with Gasteiger partial charge in [0.1, 0.15) is 36.3 Å². The Hall–Kier alpha value is -4.79. The third-order valence-corrected chi connectivity index (χ3v) is 10.3. The summed E-state index contributed by atoms with van der Waals surface area (Å²) in [5.74, 6) is 0.844. The maximum Gasteiger partial charge on any atom is 0.119 e. The Labute approximate surface area is 335 Å². The quantitative estimate of drug-likeness (QED) is 0.0868. The zero-order valence-corrected chi connectivity index (χ0v) is 32.5. The van der Waals surface area contributed by atoms with Crippen molar-refractivity contribution >= 4 is 11.6 Å². The fraction of sp³-hybridized carbons (Fsp3) is 0.265. The first kappa shape index (κ1) is 39.4. The van der Waals surface area contributed by atoms with Crippen LogP contribution in [0.4, 0.5) is 0 Å². The van der Waals surface area contributed by atoms with E-state index in [2.05, 4.69) is 66.7 Å². The fourth-order valence-corrected chi connectivity index (χ4v) is 7.24. The summed E-state index contributed by atoms with van der Waals surface area (Å²) in [5.41, 5.74) is 7.30. The van der Waals surface area contributed by atoms with E-state index in [0.717, 1.165) is 44.7 Å². The van der Waals surface area contributed by atoms with E-state index in [-0.39, 0.29) is 6.61 Å². The summed E-state index contributed by atoms with van der Waals surface area (Å²) < 4.78 is 40.1. The van der Waals surface area contributed by atoms with Gasteiger partial charge < -0.3 is 28.4 Å². The highest BCUT2D eigenvalue weighted by molar-refractivity contribution is 6.31. The normalized spacial score (nSPS) is 19.4. The van der Waals surface area contributed by atoms with E-state index in [1.165, 1.54) is 0 Å². The van der Waals surface area contributed by atoms with Crippen molar-refractivity contribution in [3.8, 4) is 5.75 Å². The molecule has 6 nitrogen and oxygen atoms in total. The molecule has 0 aromatic heterocycles. The van der Waals surface area contributed by atoms with Gasteiger partial charge in [-0.25, -0.2) is 0 Å². The molecule has 3 unspecified atom stereocenters. The van der Waals surface area contributed by atoms with E-state index in [0.29, 0.717) is 44.5 Å². The molecule has 5 atom stereocenters. The van der Waals surface area contributed by atoms with E-state index >= 15 is 0 Å². The molecule has 56 heavy (non-hydrogen) atoms. The molecule has 1 heterocycles. The van der Waals surface area contributed by atoms with Gasteiger partial charge in [-0.05, 0) is 70.5 Å². The van der Waals surface area contributed by atoms with Gasteiger partial charge in [0.25, 0.3) is 0 Å². The second-order valence-electron chi connectivity index (χ2n) is 14.0. The van der Waals surface area contributed by atoms with E-state index in [1.54, 1.807) is 0 Å². The van der Waals surface area contributed by atoms with Crippen molar-refractivity contribution < 1.29 is 28.4 Å². The summed E-state index contributed by atoms with van der Waals surface area (Å²) >= 11 is 6.91. The average Bonchev–Trinajstić information content (AvgIpc) is 3.25. The minimum atomic E-state index is -0.551. The number of hydrogen-bond donors (Lipinski definition) is 0. The first-order valence-corrected chi connectivity index (χ1v) is 19.7. The van der Waals surface area contributed by atoms with Crippen LogP contribution in [0.15, 0.2) is 164 Å². The largest absolute Gasteiger partial charge is 0.494 e. The molecule has 0 bridgehead atoms. The molecule has 288 valence electrons. The van der Waals surface area contributed by atoms with Gasteiger partial charge in [-0.1, -0.05) is 157 Å². The summed E-state index contributed by atoms with van der Waals surface area (Å²) in [4.78, 5) is 0. The molecular weight excluding hydrogens is 720 g/mol. The second-order valence-corrected chi connectivity index (χ2v) is 14.4. The topological polar surface area (TPSA) is 55.4 Å². The highest BCUT2D eigenvalue weighted by Crippen LogP contribution is 2.40. The first-order chi connectivity index (χ1) is 27.6. The summed E-state index contributed by atoms with van der Waals surface area (Å²) in [6.07, 6.45) is -1.99. The molecule has 0 saturated carbocycles. The van der Waals surface area contributed by atoms with Crippen LogP contribution < -0.4 is 4.74 Å². The highest BCUT2D eigenvalue weighted by atomic mass is 35.5. The van der Waals surface area contributed by atoms with Gasteiger partial charge >= 0.3 is 0 Å². The van der Waals surface area contributed by atoms with Crippen molar-refractivity contribution in [2.75, 3.05) is 13.2 Å². The van der Waals surface area contributed by atoms with Crippen LogP contribution in [0.3, 0.4) is 0 Å². The van der Waals surface area contributed by atoms with Crippen LogP contribution in [0.25, 0.3) is 0 Å². The lowest BCUT2D eigenvalue weighted by Crippen LogP contribution is -2.58. The van der Waals surface area contributed by atoms with Gasteiger partial charge in [0.15, 0.2) is 0 Å². The number of benzene rings is 6. The van der Waals surface area contributed by atoms with Crippen molar-refractivity contribution in [3.05, 3.63) is 208 Å². The van der Waals surface area contributed by atoms with Crippen LogP contribution in [-0.2, 0) is 56.5 Å². The molecule has 7 rings (SSSR count).